The fraction of sp³-hybridized carbons (Fsp3) is 0.379. The molecule has 1 aromatic heterocycles. The van der Waals surface area contributed by atoms with E-state index in [2.05, 4.69) is 55.8 Å². The van der Waals surface area contributed by atoms with E-state index in [1.165, 1.54) is 0 Å². The summed E-state index contributed by atoms with van der Waals surface area (Å²) in [5.41, 5.74) is 5.13. The fourth-order valence-electron chi connectivity index (χ4n) is 4.78. The van der Waals surface area contributed by atoms with E-state index in [-0.39, 0.29) is 24.4 Å². The molecule has 0 bridgehead atoms. The van der Waals surface area contributed by atoms with Gasteiger partial charge < -0.3 is 9.47 Å². The van der Waals surface area contributed by atoms with Crippen LogP contribution in [0.25, 0.3) is 5.69 Å². The maximum atomic E-state index is 14.0. The van der Waals surface area contributed by atoms with E-state index in [1.54, 1.807) is 4.90 Å². The molecule has 2 heterocycles. The van der Waals surface area contributed by atoms with E-state index in [1.807, 2.05) is 41.3 Å². The first-order valence-electron chi connectivity index (χ1n) is 12.5. The first kappa shape index (κ1) is 23.8. The number of hydrogen-bond donors (Lipinski definition) is 0. The average molecular weight is 458 g/mol. The van der Waals surface area contributed by atoms with Crippen LogP contribution < -0.4 is 4.90 Å². The van der Waals surface area contributed by atoms with Crippen molar-refractivity contribution in [3.63, 3.8) is 0 Å². The number of para-hydroxylation sites is 2. The van der Waals surface area contributed by atoms with E-state index < -0.39 is 0 Å². The Labute approximate surface area is 203 Å². The number of unbranched alkanes of at least 4 members (excludes halogenated alkanes) is 2. The molecule has 1 unspecified atom stereocenters. The molecule has 5 nitrogen and oxygen atoms in total. The van der Waals surface area contributed by atoms with Gasteiger partial charge >= 0.3 is 0 Å². The minimum Gasteiger partial charge on any atom is -0.333 e. The van der Waals surface area contributed by atoms with Gasteiger partial charge in [0.05, 0.1) is 17.1 Å². The minimum absolute atomic E-state index is 0.0487. The smallest absolute Gasteiger partial charge is 0.247 e. The summed E-state index contributed by atoms with van der Waals surface area (Å²) >= 11 is 0. The predicted octanol–water partition coefficient (Wildman–Crippen LogP) is 6.04. The molecule has 178 valence electrons. The first-order valence-corrected chi connectivity index (χ1v) is 12.5. The lowest BCUT2D eigenvalue weighted by Gasteiger charge is -2.39. The van der Waals surface area contributed by atoms with Gasteiger partial charge in [-0.15, -0.1) is 0 Å². The third kappa shape index (κ3) is 4.79. The highest BCUT2D eigenvalue weighted by Crippen LogP contribution is 2.42. The van der Waals surface area contributed by atoms with E-state index in [9.17, 15) is 9.59 Å². The molecular weight excluding hydrogens is 422 g/mol. The Morgan fingerprint density at radius 1 is 0.912 bits per heavy atom. The number of rotatable bonds is 9. The Morgan fingerprint density at radius 2 is 1.68 bits per heavy atom. The molecule has 5 heteroatoms. The van der Waals surface area contributed by atoms with Crippen LogP contribution in [0.15, 0.2) is 66.9 Å². The highest BCUT2D eigenvalue weighted by atomic mass is 16.2. The maximum Gasteiger partial charge on any atom is 0.247 e. The van der Waals surface area contributed by atoms with Crippen LogP contribution in [0.1, 0.15) is 68.8 Å². The second kappa shape index (κ2) is 10.7. The molecule has 0 fully saturated rings. The lowest BCUT2D eigenvalue weighted by Crippen LogP contribution is -2.47. The molecule has 1 aliphatic heterocycles. The third-order valence-corrected chi connectivity index (χ3v) is 6.55. The number of amides is 2. The quantitative estimate of drug-likeness (QED) is 0.393. The van der Waals surface area contributed by atoms with Crippen molar-refractivity contribution in [3.05, 3.63) is 83.7 Å². The number of fused-ring (bicyclic) bond motifs is 3. The average Bonchev–Trinajstić information content (AvgIpc) is 3.34. The van der Waals surface area contributed by atoms with Crippen LogP contribution in [0.3, 0.4) is 0 Å². The van der Waals surface area contributed by atoms with E-state index in [4.69, 9.17) is 0 Å². The zero-order valence-electron chi connectivity index (χ0n) is 20.5. The van der Waals surface area contributed by atoms with Gasteiger partial charge in [0, 0.05) is 19.2 Å². The Kier molecular flexibility index (Phi) is 7.51. The molecule has 0 saturated carbocycles. The van der Waals surface area contributed by atoms with E-state index >= 15 is 0 Å². The SMILES string of the molecule is CCCCC(=O)N(CCCC)CC(=O)N1c2ccccc2-n2cccc2C1c1cccc(C)c1. The van der Waals surface area contributed by atoms with Gasteiger partial charge in [-0.05, 0) is 49.6 Å². The third-order valence-electron chi connectivity index (χ3n) is 6.55. The standard InChI is InChI=1S/C29H35N3O2/c1-4-6-17-27(33)30(18-7-5-2)21-28(34)32-25-15-9-8-14-24(25)31-19-11-16-26(31)29(32)23-13-10-12-22(3)20-23/h8-16,19-20,29H,4-7,17-18,21H2,1-3H3. The number of aryl methyl sites for hydroxylation is 1. The number of hydrogen-bond acceptors (Lipinski definition) is 2. The van der Waals surface area contributed by atoms with Gasteiger partial charge in [-0.1, -0.05) is 68.7 Å². The molecule has 4 rings (SSSR count). The van der Waals surface area contributed by atoms with Gasteiger partial charge in [-0.25, -0.2) is 0 Å². The van der Waals surface area contributed by atoms with Crippen molar-refractivity contribution < 1.29 is 9.59 Å². The molecule has 0 N–H and O–H groups in total. The number of anilines is 1. The Bertz CT molecular complexity index is 1150. The molecule has 2 amide bonds. The van der Waals surface area contributed by atoms with Crippen LogP contribution in [0.2, 0.25) is 0 Å². The normalized spacial score (nSPS) is 14.4. The van der Waals surface area contributed by atoms with E-state index in [0.717, 1.165) is 53.9 Å². The summed E-state index contributed by atoms with van der Waals surface area (Å²) in [5, 5.41) is 0. The van der Waals surface area contributed by atoms with Gasteiger partial charge in [-0.3, -0.25) is 14.5 Å². The number of aromatic nitrogens is 1. The molecule has 0 saturated heterocycles. The zero-order chi connectivity index (χ0) is 24.1. The van der Waals surface area contributed by atoms with Gasteiger partial charge in [0.15, 0.2) is 0 Å². The molecule has 1 aliphatic rings. The number of nitrogens with zero attached hydrogens (tertiary/aromatic N) is 3. The molecule has 2 aromatic carbocycles. The molecule has 34 heavy (non-hydrogen) atoms. The Morgan fingerprint density at radius 3 is 2.41 bits per heavy atom. The van der Waals surface area contributed by atoms with Crippen molar-refractivity contribution in [1.82, 2.24) is 9.47 Å². The summed E-state index contributed by atoms with van der Waals surface area (Å²) in [6, 6.07) is 20.3. The van der Waals surface area contributed by atoms with Crippen LogP contribution in [0.4, 0.5) is 5.69 Å². The van der Waals surface area contributed by atoms with Crippen LogP contribution in [-0.4, -0.2) is 34.4 Å². The lowest BCUT2D eigenvalue weighted by molar-refractivity contribution is -0.135. The van der Waals surface area contributed by atoms with Crippen molar-refractivity contribution in [1.29, 1.82) is 0 Å². The van der Waals surface area contributed by atoms with Crippen molar-refractivity contribution in [2.24, 2.45) is 0 Å². The van der Waals surface area contributed by atoms with Crippen molar-refractivity contribution in [2.45, 2.75) is 58.9 Å². The van der Waals surface area contributed by atoms with Gasteiger partial charge in [0.1, 0.15) is 12.6 Å². The minimum atomic E-state index is -0.254. The van der Waals surface area contributed by atoms with Crippen LogP contribution in [0.5, 0.6) is 0 Å². The molecule has 1 atom stereocenters. The number of carbonyl (C=O) groups is 2. The van der Waals surface area contributed by atoms with Crippen LogP contribution >= 0.6 is 0 Å². The molecule has 0 radical (unpaired) electrons. The topological polar surface area (TPSA) is 45.6 Å². The summed E-state index contributed by atoms with van der Waals surface area (Å²) in [6.07, 6.45) is 6.24. The van der Waals surface area contributed by atoms with Crippen molar-refractivity contribution in [2.75, 3.05) is 18.0 Å². The second-order valence-electron chi connectivity index (χ2n) is 9.14. The second-order valence-corrected chi connectivity index (χ2v) is 9.14. The van der Waals surface area contributed by atoms with Crippen LogP contribution in [-0.2, 0) is 9.59 Å². The van der Waals surface area contributed by atoms with E-state index in [0.29, 0.717) is 13.0 Å². The largest absolute Gasteiger partial charge is 0.333 e. The van der Waals surface area contributed by atoms with Crippen LogP contribution in [0, 0.1) is 6.92 Å². The monoisotopic (exact) mass is 457 g/mol. The Hall–Kier alpha value is -3.34. The highest BCUT2D eigenvalue weighted by molar-refractivity contribution is 6.00. The highest BCUT2D eigenvalue weighted by Gasteiger charge is 2.36. The van der Waals surface area contributed by atoms with Crippen molar-refractivity contribution in [3.8, 4) is 5.69 Å². The number of carbonyl (C=O) groups excluding carboxylic acids is 2. The molecule has 0 aliphatic carbocycles. The van der Waals surface area contributed by atoms with Crippen molar-refractivity contribution >= 4 is 17.5 Å². The molecular formula is C29H35N3O2. The summed E-state index contributed by atoms with van der Waals surface area (Å²) in [4.78, 5) is 30.7. The maximum absolute atomic E-state index is 14.0. The molecule has 0 spiro atoms. The molecule has 3 aromatic rings. The zero-order valence-corrected chi connectivity index (χ0v) is 20.5. The fourth-order valence-corrected chi connectivity index (χ4v) is 4.78. The summed E-state index contributed by atoms with van der Waals surface area (Å²) < 4.78 is 2.17. The lowest BCUT2D eigenvalue weighted by atomic mass is 9.96. The predicted molar refractivity (Wildman–Crippen MR) is 137 cm³/mol. The van der Waals surface area contributed by atoms with Gasteiger partial charge in [0.25, 0.3) is 0 Å². The number of benzene rings is 2. The summed E-state index contributed by atoms with van der Waals surface area (Å²) in [5.74, 6) is 0.0248. The summed E-state index contributed by atoms with van der Waals surface area (Å²) in [7, 11) is 0. The van der Waals surface area contributed by atoms with Gasteiger partial charge in [0.2, 0.25) is 11.8 Å². The first-order chi connectivity index (χ1) is 16.5. The summed E-state index contributed by atoms with van der Waals surface area (Å²) in [6.45, 7) is 6.98. The van der Waals surface area contributed by atoms with Gasteiger partial charge in [-0.2, -0.15) is 0 Å². The Balaban J connectivity index is 1.75.